The second kappa shape index (κ2) is 48.4. The van der Waals surface area contributed by atoms with Gasteiger partial charge in [0.05, 0.1) is 25.2 Å². The van der Waals surface area contributed by atoms with Crippen LogP contribution in [0.1, 0.15) is 284 Å². The van der Waals surface area contributed by atoms with E-state index in [2.05, 4.69) is 50.4 Å². The number of nitrogens with one attached hydrogen (secondary N) is 1. The number of rotatable bonds is 48. The smallest absolute Gasteiger partial charge is 0.306 e. The van der Waals surface area contributed by atoms with Gasteiger partial charge in [-0.05, 0) is 77.0 Å². The van der Waals surface area contributed by atoms with Gasteiger partial charge in [-0.15, -0.1) is 0 Å². The molecule has 0 aromatic carbocycles. The van der Waals surface area contributed by atoms with E-state index in [1.165, 1.54) is 180 Å². The number of aliphatic hydroxyl groups excluding tert-OH is 2. The fraction of sp³-hybridized carbons (Fsp3) is 0.889. The summed E-state index contributed by atoms with van der Waals surface area (Å²) in [6.07, 6.45) is 55.2. The van der Waals surface area contributed by atoms with Gasteiger partial charge in [0.2, 0.25) is 5.91 Å². The molecule has 0 saturated heterocycles. The summed E-state index contributed by atoms with van der Waals surface area (Å²) in [5, 5.41) is 23.8. The average molecular weight is 846 g/mol. The van der Waals surface area contributed by atoms with Gasteiger partial charge in [-0.3, -0.25) is 9.59 Å². The van der Waals surface area contributed by atoms with Crippen molar-refractivity contribution < 1.29 is 24.5 Å². The summed E-state index contributed by atoms with van der Waals surface area (Å²) in [4.78, 5) is 26.1. The molecule has 3 atom stereocenters. The summed E-state index contributed by atoms with van der Waals surface area (Å²) in [7, 11) is 0. The summed E-state index contributed by atoms with van der Waals surface area (Å²) in [6.45, 7) is 6.48. The Balaban J connectivity index is 4.58. The summed E-state index contributed by atoms with van der Waals surface area (Å²) in [5.41, 5.74) is 0. The quantitative estimate of drug-likeness (QED) is 0.0322. The monoisotopic (exact) mass is 846 g/mol. The van der Waals surface area contributed by atoms with E-state index in [1.54, 1.807) is 0 Å². The van der Waals surface area contributed by atoms with Crippen molar-refractivity contribution >= 4 is 11.9 Å². The van der Waals surface area contributed by atoms with Crippen LogP contribution < -0.4 is 5.32 Å². The molecule has 3 unspecified atom stereocenters. The molecule has 0 fully saturated rings. The highest BCUT2D eigenvalue weighted by Gasteiger charge is 2.24. The molecule has 60 heavy (non-hydrogen) atoms. The van der Waals surface area contributed by atoms with Crippen molar-refractivity contribution in [3.8, 4) is 0 Å². The Morgan fingerprint density at radius 1 is 0.467 bits per heavy atom. The first-order valence-corrected chi connectivity index (χ1v) is 26.6. The van der Waals surface area contributed by atoms with E-state index in [4.69, 9.17) is 4.74 Å². The first-order valence-electron chi connectivity index (χ1n) is 26.6. The molecule has 0 aromatic rings. The molecule has 0 spiro atoms. The Labute approximate surface area is 373 Å². The summed E-state index contributed by atoms with van der Waals surface area (Å²) in [6, 6.07) is -0.703. The zero-order valence-electron chi connectivity index (χ0n) is 40.4. The van der Waals surface area contributed by atoms with Crippen molar-refractivity contribution in [1.82, 2.24) is 5.32 Å². The second-order valence-electron chi connectivity index (χ2n) is 18.3. The highest BCUT2D eigenvalue weighted by Crippen LogP contribution is 2.18. The number of carbonyl (C=O) groups is 2. The number of carbonyl (C=O) groups excluding carboxylic acids is 2. The van der Waals surface area contributed by atoms with Crippen molar-refractivity contribution in [3.63, 3.8) is 0 Å². The van der Waals surface area contributed by atoms with Crippen molar-refractivity contribution in [2.45, 2.75) is 302 Å². The van der Waals surface area contributed by atoms with E-state index < -0.39 is 18.2 Å². The first-order chi connectivity index (χ1) is 29.5. The number of allylic oxidation sites excluding steroid dienone is 4. The van der Waals surface area contributed by atoms with Crippen LogP contribution in [0.5, 0.6) is 0 Å². The molecule has 0 aliphatic carbocycles. The minimum absolute atomic E-state index is 0.0694. The lowest BCUT2D eigenvalue weighted by atomic mass is 10.0. The van der Waals surface area contributed by atoms with Crippen LogP contribution in [0.4, 0.5) is 0 Å². The average Bonchev–Trinajstić information content (AvgIpc) is 3.24. The Morgan fingerprint density at radius 2 is 0.800 bits per heavy atom. The minimum Gasteiger partial charge on any atom is -0.462 e. The molecular formula is C54H103NO5. The van der Waals surface area contributed by atoms with E-state index >= 15 is 0 Å². The van der Waals surface area contributed by atoms with E-state index in [0.29, 0.717) is 19.3 Å². The number of hydrogen-bond acceptors (Lipinski definition) is 5. The zero-order chi connectivity index (χ0) is 43.8. The molecule has 0 aromatic heterocycles. The van der Waals surface area contributed by atoms with E-state index in [9.17, 15) is 19.8 Å². The lowest BCUT2D eigenvalue weighted by Crippen LogP contribution is -2.46. The molecule has 0 saturated carbocycles. The van der Waals surface area contributed by atoms with Gasteiger partial charge < -0.3 is 20.3 Å². The SMILES string of the molecule is CCCCCC/C=C\CCCCCCCCCC(=O)OC(CCCCC/C=C/CCCCCCCCC)CC(=O)NC(CO)C(O)CCCCCCCCCCCCCC. The van der Waals surface area contributed by atoms with Crippen molar-refractivity contribution in [1.29, 1.82) is 0 Å². The Kier molecular flexibility index (Phi) is 47.0. The molecule has 354 valence electrons. The van der Waals surface area contributed by atoms with Gasteiger partial charge in [-0.1, -0.05) is 218 Å². The Hall–Kier alpha value is -1.66. The standard InChI is InChI=1S/C54H103NO5/c1-4-7-10-13-16-19-22-25-27-29-32-35-38-41-44-47-54(59)60-50(45-42-39-36-33-30-28-26-23-20-17-14-11-8-5-2)48-53(58)55-51(49-56)52(57)46-43-40-37-34-31-24-21-18-15-12-9-6-3/h19,22,28,30,50-52,56-57H,4-18,20-21,23-27,29,31-49H2,1-3H3,(H,55,58)/b22-19-,30-28+. The van der Waals surface area contributed by atoms with Crippen molar-refractivity contribution in [3.05, 3.63) is 24.3 Å². The van der Waals surface area contributed by atoms with Gasteiger partial charge in [0.1, 0.15) is 6.10 Å². The minimum atomic E-state index is -0.788. The van der Waals surface area contributed by atoms with Crippen LogP contribution >= 0.6 is 0 Å². The maximum atomic E-state index is 13.2. The third kappa shape index (κ3) is 43.0. The molecule has 0 radical (unpaired) electrons. The maximum absolute atomic E-state index is 13.2. The van der Waals surface area contributed by atoms with E-state index in [0.717, 1.165) is 57.8 Å². The first kappa shape index (κ1) is 58.3. The largest absolute Gasteiger partial charge is 0.462 e. The highest BCUT2D eigenvalue weighted by atomic mass is 16.5. The lowest BCUT2D eigenvalue weighted by molar-refractivity contribution is -0.151. The normalized spacial score (nSPS) is 13.3. The van der Waals surface area contributed by atoms with Crippen LogP contribution in [-0.2, 0) is 14.3 Å². The van der Waals surface area contributed by atoms with Crippen LogP contribution in [0.25, 0.3) is 0 Å². The van der Waals surface area contributed by atoms with Crippen molar-refractivity contribution in [2.24, 2.45) is 0 Å². The van der Waals surface area contributed by atoms with Gasteiger partial charge in [0.15, 0.2) is 0 Å². The zero-order valence-corrected chi connectivity index (χ0v) is 40.4. The Morgan fingerprint density at radius 3 is 1.22 bits per heavy atom. The summed E-state index contributed by atoms with van der Waals surface area (Å²) < 4.78 is 5.93. The second-order valence-corrected chi connectivity index (χ2v) is 18.3. The molecule has 0 aliphatic heterocycles. The molecule has 0 aliphatic rings. The van der Waals surface area contributed by atoms with Gasteiger partial charge in [0.25, 0.3) is 0 Å². The number of unbranched alkanes of at least 4 members (excludes halogenated alkanes) is 32. The molecule has 3 N–H and O–H groups in total. The van der Waals surface area contributed by atoms with Crippen molar-refractivity contribution in [2.75, 3.05) is 6.61 Å². The Bertz CT molecular complexity index is 950. The van der Waals surface area contributed by atoms with Gasteiger partial charge >= 0.3 is 5.97 Å². The van der Waals surface area contributed by atoms with E-state index in [-0.39, 0.29) is 24.9 Å². The van der Waals surface area contributed by atoms with Crippen LogP contribution in [0.2, 0.25) is 0 Å². The number of amides is 1. The maximum Gasteiger partial charge on any atom is 0.306 e. The predicted molar refractivity (Wildman–Crippen MR) is 260 cm³/mol. The highest BCUT2D eigenvalue weighted by molar-refractivity contribution is 5.77. The molecule has 6 heteroatoms. The van der Waals surface area contributed by atoms with Crippen LogP contribution in [0.15, 0.2) is 24.3 Å². The number of hydrogen-bond donors (Lipinski definition) is 3. The van der Waals surface area contributed by atoms with Crippen LogP contribution in [0.3, 0.4) is 0 Å². The van der Waals surface area contributed by atoms with E-state index in [1.807, 2.05) is 0 Å². The fourth-order valence-corrected chi connectivity index (χ4v) is 8.19. The number of esters is 1. The number of aliphatic hydroxyl groups is 2. The van der Waals surface area contributed by atoms with Crippen LogP contribution in [0, 0.1) is 0 Å². The van der Waals surface area contributed by atoms with Gasteiger partial charge in [-0.2, -0.15) is 0 Å². The molecular weight excluding hydrogens is 743 g/mol. The van der Waals surface area contributed by atoms with Crippen LogP contribution in [-0.4, -0.2) is 46.9 Å². The third-order valence-electron chi connectivity index (χ3n) is 12.3. The predicted octanol–water partition coefficient (Wildman–Crippen LogP) is 15.9. The lowest BCUT2D eigenvalue weighted by Gasteiger charge is -2.24. The van der Waals surface area contributed by atoms with Gasteiger partial charge in [0, 0.05) is 6.42 Å². The summed E-state index contributed by atoms with van der Waals surface area (Å²) >= 11 is 0. The molecule has 6 nitrogen and oxygen atoms in total. The topological polar surface area (TPSA) is 95.9 Å². The third-order valence-corrected chi connectivity index (χ3v) is 12.3. The number of ether oxygens (including phenoxy) is 1. The molecule has 0 rings (SSSR count). The summed E-state index contributed by atoms with van der Waals surface area (Å²) in [5.74, 6) is -0.482. The molecule has 1 amide bonds. The molecule has 0 bridgehead atoms. The van der Waals surface area contributed by atoms with Gasteiger partial charge in [-0.25, -0.2) is 0 Å². The molecule has 0 heterocycles. The fourth-order valence-electron chi connectivity index (χ4n) is 8.19.